The lowest BCUT2D eigenvalue weighted by molar-refractivity contribution is 0.200. The number of nitrogens with zero attached hydrogens (tertiary/aromatic N) is 3. The molecule has 1 saturated heterocycles. The number of likely N-dealkylation sites (N-methyl/N-ethyl adjacent to an activating group) is 1. The van der Waals surface area contributed by atoms with E-state index in [1.165, 1.54) is 0 Å². The second-order valence-corrected chi connectivity index (χ2v) is 3.76. The van der Waals surface area contributed by atoms with Crippen LogP contribution in [0.5, 0.6) is 5.88 Å². The first-order valence-electron chi connectivity index (χ1n) is 5.14. The van der Waals surface area contributed by atoms with Crippen molar-refractivity contribution in [2.24, 2.45) is 0 Å². The second kappa shape index (κ2) is 4.44. The Morgan fingerprint density at radius 3 is 3.13 bits per heavy atom. The van der Waals surface area contributed by atoms with Gasteiger partial charge in [0.2, 0.25) is 11.8 Å². The third-order valence-electron chi connectivity index (χ3n) is 2.49. The van der Waals surface area contributed by atoms with Crippen molar-refractivity contribution >= 4 is 5.95 Å². The zero-order valence-electron chi connectivity index (χ0n) is 9.10. The quantitative estimate of drug-likeness (QED) is 0.788. The van der Waals surface area contributed by atoms with Gasteiger partial charge in [-0.2, -0.15) is 4.98 Å². The van der Waals surface area contributed by atoms with Gasteiger partial charge in [-0.3, -0.25) is 0 Å². The first-order valence-corrected chi connectivity index (χ1v) is 5.14. The predicted octanol–water partition coefficient (Wildman–Crippen LogP) is 0.601. The van der Waals surface area contributed by atoms with Crippen molar-refractivity contribution < 1.29 is 4.74 Å². The molecule has 1 aliphatic rings. The van der Waals surface area contributed by atoms with Crippen LogP contribution in [0.1, 0.15) is 6.42 Å². The number of hydrogen-bond donors (Lipinski definition) is 1. The average Bonchev–Trinajstić information content (AvgIpc) is 2.64. The molecule has 82 valence electrons. The molecule has 15 heavy (non-hydrogen) atoms. The molecule has 0 aliphatic carbocycles. The van der Waals surface area contributed by atoms with E-state index >= 15 is 0 Å². The third kappa shape index (κ3) is 2.56. The molecule has 1 fully saturated rings. The van der Waals surface area contributed by atoms with Crippen molar-refractivity contribution in [3.63, 3.8) is 0 Å². The molecule has 1 N–H and O–H groups in total. The van der Waals surface area contributed by atoms with E-state index in [4.69, 9.17) is 4.74 Å². The van der Waals surface area contributed by atoms with Gasteiger partial charge in [0.25, 0.3) is 0 Å². The Labute approximate surface area is 89.5 Å². The van der Waals surface area contributed by atoms with Crippen LogP contribution >= 0.6 is 0 Å². The molecule has 0 amide bonds. The van der Waals surface area contributed by atoms with Gasteiger partial charge in [-0.15, -0.1) is 0 Å². The van der Waals surface area contributed by atoms with Crippen LogP contribution in [0.3, 0.4) is 0 Å². The van der Waals surface area contributed by atoms with Crippen LogP contribution in [0, 0.1) is 0 Å². The number of hydrogen-bond acceptors (Lipinski definition) is 5. The highest BCUT2D eigenvalue weighted by Crippen LogP contribution is 2.15. The van der Waals surface area contributed by atoms with Gasteiger partial charge in [0.05, 0.1) is 0 Å². The molecule has 0 spiro atoms. The summed E-state index contributed by atoms with van der Waals surface area (Å²) in [7, 11) is 3.89. The van der Waals surface area contributed by atoms with Gasteiger partial charge < -0.3 is 15.0 Å². The van der Waals surface area contributed by atoms with Gasteiger partial charge in [-0.1, -0.05) is 0 Å². The molecule has 5 heteroatoms. The number of anilines is 1. The maximum Gasteiger partial charge on any atom is 0.225 e. The van der Waals surface area contributed by atoms with E-state index in [0.717, 1.165) is 19.5 Å². The van der Waals surface area contributed by atoms with Crippen LogP contribution in [0.2, 0.25) is 0 Å². The Morgan fingerprint density at radius 2 is 2.47 bits per heavy atom. The number of ether oxygens (including phenoxy) is 1. The summed E-state index contributed by atoms with van der Waals surface area (Å²) in [5.74, 6) is 1.24. The molecule has 1 aromatic rings. The molecule has 5 nitrogen and oxygen atoms in total. The van der Waals surface area contributed by atoms with Crippen molar-refractivity contribution in [3.8, 4) is 5.88 Å². The van der Waals surface area contributed by atoms with Gasteiger partial charge >= 0.3 is 0 Å². The molecule has 0 aromatic carbocycles. The summed E-state index contributed by atoms with van der Waals surface area (Å²) in [4.78, 5) is 10.5. The van der Waals surface area contributed by atoms with E-state index in [0.29, 0.717) is 11.8 Å². The Morgan fingerprint density at radius 1 is 1.60 bits per heavy atom. The van der Waals surface area contributed by atoms with Crippen molar-refractivity contribution in [2.45, 2.75) is 12.5 Å². The monoisotopic (exact) mass is 208 g/mol. The van der Waals surface area contributed by atoms with E-state index in [9.17, 15) is 0 Å². The molecule has 0 radical (unpaired) electrons. The molecule has 1 aliphatic heterocycles. The lowest BCUT2D eigenvalue weighted by atomic mass is 10.3. The lowest BCUT2D eigenvalue weighted by Gasteiger charge is -2.12. The molecular formula is C10H16N4O. The van der Waals surface area contributed by atoms with Crippen LogP contribution < -0.4 is 10.1 Å². The largest absolute Gasteiger partial charge is 0.473 e. The first kappa shape index (κ1) is 10.2. The molecule has 0 saturated carbocycles. The molecule has 2 heterocycles. The van der Waals surface area contributed by atoms with Crippen LogP contribution in [-0.2, 0) is 0 Å². The molecule has 0 unspecified atom stereocenters. The summed E-state index contributed by atoms with van der Waals surface area (Å²) in [6, 6.07) is 1.79. The predicted molar refractivity (Wildman–Crippen MR) is 58.1 cm³/mol. The van der Waals surface area contributed by atoms with Gasteiger partial charge in [-0.25, -0.2) is 4.98 Å². The van der Waals surface area contributed by atoms with Crippen molar-refractivity contribution in [1.29, 1.82) is 0 Å². The SMILES string of the molecule is CNc1nccc(O[C@H]2CCN(C)C2)n1. The van der Waals surface area contributed by atoms with Crippen molar-refractivity contribution in [2.75, 3.05) is 32.5 Å². The molecule has 1 atom stereocenters. The molecule has 0 bridgehead atoms. The van der Waals surface area contributed by atoms with E-state index in [1.807, 2.05) is 0 Å². The van der Waals surface area contributed by atoms with Gasteiger partial charge in [0.15, 0.2) is 0 Å². The minimum absolute atomic E-state index is 0.259. The summed E-state index contributed by atoms with van der Waals surface area (Å²) in [5, 5.41) is 2.89. The fourth-order valence-corrected chi connectivity index (χ4v) is 1.69. The fraction of sp³-hybridized carbons (Fsp3) is 0.600. The van der Waals surface area contributed by atoms with E-state index < -0.39 is 0 Å². The Hall–Kier alpha value is -1.36. The number of nitrogens with one attached hydrogen (secondary N) is 1. The highest BCUT2D eigenvalue weighted by atomic mass is 16.5. The Kier molecular flexibility index (Phi) is 3.01. The third-order valence-corrected chi connectivity index (χ3v) is 2.49. The topological polar surface area (TPSA) is 50.3 Å². The zero-order chi connectivity index (χ0) is 10.7. The Bertz CT molecular complexity index is 331. The maximum absolute atomic E-state index is 5.76. The van der Waals surface area contributed by atoms with E-state index in [1.54, 1.807) is 19.3 Å². The molecule has 2 rings (SSSR count). The summed E-state index contributed by atoms with van der Waals surface area (Å²) in [6.45, 7) is 2.06. The second-order valence-electron chi connectivity index (χ2n) is 3.76. The maximum atomic E-state index is 5.76. The van der Waals surface area contributed by atoms with E-state index in [2.05, 4.69) is 27.2 Å². The average molecular weight is 208 g/mol. The minimum Gasteiger partial charge on any atom is -0.473 e. The summed E-state index contributed by atoms with van der Waals surface area (Å²) in [6.07, 6.45) is 3.02. The number of likely N-dealkylation sites (tertiary alicyclic amines) is 1. The highest BCUT2D eigenvalue weighted by Gasteiger charge is 2.21. The van der Waals surface area contributed by atoms with Gasteiger partial charge in [0.1, 0.15) is 6.10 Å². The van der Waals surface area contributed by atoms with Crippen LogP contribution in [0.25, 0.3) is 0 Å². The minimum atomic E-state index is 0.259. The summed E-state index contributed by atoms with van der Waals surface area (Å²) < 4.78 is 5.76. The van der Waals surface area contributed by atoms with Crippen LogP contribution in [0.4, 0.5) is 5.95 Å². The van der Waals surface area contributed by atoms with Crippen molar-refractivity contribution in [3.05, 3.63) is 12.3 Å². The van der Waals surface area contributed by atoms with Crippen LogP contribution in [-0.4, -0.2) is 48.2 Å². The van der Waals surface area contributed by atoms with Gasteiger partial charge in [0, 0.05) is 32.4 Å². The van der Waals surface area contributed by atoms with E-state index in [-0.39, 0.29) is 6.10 Å². The number of rotatable bonds is 3. The zero-order valence-corrected chi connectivity index (χ0v) is 9.10. The summed E-state index contributed by atoms with van der Waals surface area (Å²) in [5.41, 5.74) is 0. The molecular weight excluding hydrogens is 192 g/mol. The standard InChI is InChI=1S/C10H16N4O/c1-11-10-12-5-3-9(13-10)15-8-4-6-14(2)7-8/h3,5,8H,4,6-7H2,1-2H3,(H,11,12,13)/t8-/m0/s1. The van der Waals surface area contributed by atoms with Crippen LogP contribution in [0.15, 0.2) is 12.3 Å². The summed E-state index contributed by atoms with van der Waals surface area (Å²) >= 11 is 0. The van der Waals surface area contributed by atoms with Gasteiger partial charge in [-0.05, 0) is 13.5 Å². The fourth-order valence-electron chi connectivity index (χ4n) is 1.69. The molecule has 1 aromatic heterocycles. The van der Waals surface area contributed by atoms with Crippen molar-refractivity contribution in [1.82, 2.24) is 14.9 Å². The first-order chi connectivity index (χ1) is 7.28. The highest BCUT2D eigenvalue weighted by molar-refractivity contribution is 5.26. The lowest BCUT2D eigenvalue weighted by Crippen LogP contribution is -2.21. The number of aromatic nitrogens is 2. The Balaban J connectivity index is 1.98. The smallest absolute Gasteiger partial charge is 0.225 e. The normalized spacial score (nSPS) is 21.6.